The first kappa shape index (κ1) is 19.2. The summed E-state index contributed by atoms with van der Waals surface area (Å²) in [7, 11) is 3.49. The lowest BCUT2D eigenvalue weighted by Crippen LogP contribution is -2.52. The summed E-state index contributed by atoms with van der Waals surface area (Å²) in [6.45, 7) is 4.73. The largest absolute Gasteiger partial charge is 0.360 e. The molecular weight excluding hydrogens is 358 g/mol. The first-order valence-corrected chi connectivity index (χ1v) is 10.1. The van der Waals surface area contributed by atoms with Crippen LogP contribution in [0.4, 0.5) is 5.00 Å². The Kier molecular flexibility index (Phi) is 6.70. The van der Waals surface area contributed by atoms with Gasteiger partial charge in [0.15, 0.2) is 5.96 Å². The number of aliphatic imine (C=N–C) groups is 1. The van der Waals surface area contributed by atoms with Gasteiger partial charge in [0.05, 0.1) is 5.00 Å². The van der Waals surface area contributed by atoms with Crippen LogP contribution in [0, 0.1) is 0 Å². The number of nitrogens with zero attached hydrogens (tertiary/aromatic N) is 3. The molecule has 1 aromatic carbocycles. The maximum Gasteiger partial charge on any atom is 0.251 e. The Morgan fingerprint density at radius 2 is 2.00 bits per heavy atom. The second-order valence-corrected chi connectivity index (χ2v) is 7.36. The number of carbonyl (C=O) groups excluding carboxylic acids is 1. The van der Waals surface area contributed by atoms with Crippen LogP contribution < -0.4 is 15.5 Å². The second kappa shape index (κ2) is 9.41. The van der Waals surface area contributed by atoms with Gasteiger partial charge in [-0.25, -0.2) is 0 Å². The smallest absolute Gasteiger partial charge is 0.251 e. The summed E-state index contributed by atoms with van der Waals surface area (Å²) in [6, 6.07) is 12.0. The van der Waals surface area contributed by atoms with Gasteiger partial charge in [-0.1, -0.05) is 12.1 Å². The third-order valence-electron chi connectivity index (χ3n) is 4.72. The molecular formula is C20H27N5OS. The average molecular weight is 386 g/mol. The number of piperazine rings is 1. The molecule has 1 aromatic heterocycles. The lowest BCUT2D eigenvalue weighted by atomic mass is 10.1. The first-order valence-electron chi connectivity index (χ1n) is 9.26. The SMILES string of the molecule is CN=C(NCCc1cccc(C(=O)NC)c1)N1CCN(c2cccs2)CC1. The molecule has 2 heterocycles. The number of nitrogens with one attached hydrogen (secondary N) is 2. The van der Waals surface area contributed by atoms with Crippen molar-refractivity contribution in [3.8, 4) is 0 Å². The third-order valence-corrected chi connectivity index (χ3v) is 5.65. The van der Waals surface area contributed by atoms with E-state index in [9.17, 15) is 4.79 Å². The fraction of sp³-hybridized carbons (Fsp3) is 0.400. The number of hydrogen-bond donors (Lipinski definition) is 2. The van der Waals surface area contributed by atoms with Crippen LogP contribution in [0.25, 0.3) is 0 Å². The van der Waals surface area contributed by atoms with Gasteiger partial charge in [0.25, 0.3) is 5.91 Å². The van der Waals surface area contributed by atoms with Crippen molar-refractivity contribution in [3.05, 3.63) is 52.9 Å². The quantitative estimate of drug-likeness (QED) is 0.611. The fourth-order valence-electron chi connectivity index (χ4n) is 3.25. The average Bonchev–Trinajstić information content (AvgIpc) is 3.26. The summed E-state index contributed by atoms with van der Waals surface area (Å²) >= 11 is 1.79. The van der Waals surface area contributed by atoms with E-state index >= 15 is 0 Å². The van der Waals surface area contributed by atoms with Crippen molar-refractivity contribution >= 4 is 28.2 Å². The molecule has 0 unspecified atom stereocenters. The molecule has 0 atom stereocenters. The molecule has 1 saturated heterocycles. The predicted octanol–water partition coefficient (Wildman–Crippen LogP) is 2.05. The number of hydrogen-bond acceptors (Lipinski definition) is 4. The van der Waals surface area contributed by atoms with Gasteiger partial charge in [0.2, 0.25) is 0 Å². The van der Waals surface area contributed by atoms with Crippen LogP contribution >= 0.6 is 11.3 Å². The molecule has 27 heavy (non-hydrogen) atoms. The number of rotatable bonds is 5. The molecule has 0 saturated carbocycles. The minimum atomic E-state index is -0.0516. The Bertz CT molecular complexity index is 766. The molecule has 144 valence electrons. The number of anilines is 1. The van der Waals surface area contributed by atoms with E-state index in [1.54, 1.807) is 18.4 Å². The fourth-order valence-corrected chi connectivity index (χ4v) is 4.04. The van der Waals surface area contributed by atoms with Crippen LogP contribution in [0.3, 0.4) is 0 Å². The summed E-state index contributed by atoms with van der Waals surface area (Å²) in [5.41, 5.74) is 1.84. The maximum atomic E-state index is 11.8. The molecule has 0 aliphatic carbocycles. The molecule has 2 aromatic rings. The summed E-state index contributed by atoms with van der Waals surface area (Å²) in [6.07, 6.45) is 0.846. The minimum Gasteiger partial charge on any atom is -0.360 e. The van der Waals surface area contributed by atoms with Gasteiger partial charge >= 0.3 is 0 Å². The number of amides is 1. The van der Waals surface area contributed by atoms with Crippen molar-refractivity contribution in [1.82, 2.24) is 15.5 Å². The molecule has 0 radical (unpaired) electrons. The number of benzene rings is 1. The van der Waals surface area contributed by atoms with Gasteiger partial charge < -0.3 is 20.4 Å². The highest BCUT2D eigenvalue weighted by atomic mass is 32.1. The summed E-state index contributed by atoms with van der Waals surface area (Å²) in [5, 5.41) is 9.59. The standard InChI is InChI=1S/C20H27N5OS/c1-21-19(26)17-6-3-5-16(15-17)8-9-23-20(22-2)25-12-10-24(11-13-25)18-7-4-14-27-18/h3-7,14-15H,8-13H2,1-2H3,(H,21,26)(H,22,23). The zero-order valence-corrected chi connectivity index (χ0v) is 16.8. The van der Waals surface area contributed by atoms with Gasteiger partial charge in [0.1, 0.15) is 0 Å². The van der Waals surface area contributed by atoms with Gasteiger partial charge in [0, 0.05) is 52.4 Å². The Balaban J connectivity index is 1.48. The van der Waals surface area contributed by atoms with E-state index in [0.29, 0.717) is 5.56 Å². The van der Waals surface area contributed by atoms with Crippen molar-refractivity contribution in [1.29, 1.82) is 0 Å². The van der Waals surface area contributed by atoms with Gasteiger partial charge in [-0.05, 0) is 41.6 Å². The highest BCUT2D eigenvalue weighted by Gasteiger charge is 2.20. The lowest BCUT2D eigenvalue weighted by molar-refractivity contribution is 0.0963. The molecule has 0 spiro atoms. The summed E-state index contributed by atoms with van der Waals surface area (Å²) in [4.78, 5) is 20.9. The Morgan fingerprint density at radius 3 is 2.67 bits per heavy atom. The van der Waals surface area contributed by atoms with E-state index in [4.69, 9.17) is 0 Å². The van der Waals surface area contributed by atoms with Crippen LogP contribution in [0.2, 0.25) is 0 Å². The maximum absolute atomic E-state index is 11.8. The van der Waals surface area contributed by atoms with Crippen molar-refractivity contribution in [2.45, 2.75) is 6.42 Å². The Morgan fingerprint density at radius 1 is 1.19 bits per heavy atom. The summed E-state index contributed by atoms with van der Waals surface area (Å²) in [5.74, 6) is 0.896. The molecule has 0 bridgehead atoms. The zero-order valence-electron chi connectivity index (χ0n) is 15.9. The van der Waals surface area contributed by atoms with Crippen LogP contribution in [-0.4, -0.2) is 63.6 Å². The van der Waals surface area contributed by atoms with Crippen LogP contribution in [0.5, 0.6) is 0 Å². The number of carbonyl (C=O) groups is 1. The number of guanidine groups is 1. The first-order chi connectivity index (χ1) is 13.2. The van der Waals surface area contributed by atoms with E-state index in [0.717, 1.165) is 50.7 Å². The topological polar surface area (TPSA) is 60.0 Å². The molecule has 6 nitrogen and oxygen atoms in total. The normalized spacial score (nSPS) is 15.0. The van der Waals surface area contributed by atoms with Crippen molar-refractivity contribution in [2.24, 2.45) is 4.99 Å². The van der Waals surface area contributed by atoms with Crippen molar-refractivity contribution in [2.75, 3.05) is 51.7 Å². The Hall–Kier alpha value is -2.54. The van der Waals surface area contributed by atoms with Crippen LogP contribution in [0.1, 0.15) is 15.9 Å². The summed E-state index contributed by atoms with van der Waals surface area (Å²) < 4.78 is 0. The minimum absolute atomic E-state index is 0.0516. The lowest BCUT2D eigenvalue weighted by Gasteiger charge is -2.37. The van der Waals surface area contributed by atoms with Crippen molar-refractivity contribution in [3.63, 3.8) is 0 Å². The molecule has 3 rings (SSSR count). The van der Waals surface area contributed by atoms with Crippen molar-refractivity contribution < 1.29 is 4.79 Å². The highest BCUT2D eigenvalue weighted by Crippen LogP contribution is 2.22. The molecule has 1 fully saturated rings. The third kappa shape index (κ3) is 5.01. The zero-order chi connectivity index (χ0) is 19.1. The molecule has 1 amide bonds. The van der Waals surface area contributed by atoms with E-state index in [-0.39, 0.29) is 5.91 Å². The van der Waals surface area contributed by atoms with Gasteiger partial charge in [-0.15, -0.1) is 11.3 Å². The Labute approximate surface area is 164 Å². The van der Waals surface area contributed by atoms with Gasteiger partial charge in [-0.2, -0.15) is 0 Å². The van der Waals surface area contributed by atoms with E-state index in [1.807, 2.05) is 25.2 Å². The van der Waals surface area contributed by atoms with Gasteiger partial charge in [-0.3, -0.25) is 9.79 Å². The monoisotopic (exact) mass is 385 g/mol. The highest BCUT2D eigenvalue weighted by molar-refractivity contribution is 7.14. The van der Waals surface area contributed by atoms with E-state index < -0.39 is 0 Å². The van der Waals surface area contributed by atoms with Crippen LogP contribution in [-0.2, 0) is 6.42 Å². The number of thiophene rings is 1. The molecule has 7 heteroatoms. The van der Waals surface area contributed by atoms with E-state index in [2.05, 4.69) is 49.0 Å². The molecule has 1 aliphatic rings. The predicted molar refractivity (Wildman–Crippen MR) is 113 cm³/mol. The second-order valence-electron chi connectivity index (χ2n) is 6.43. The molecule has 2 N–H and O–H groups in total. The molecule has 1 aliphatic heterocycles. The van der Waals surface area contributed by atoms with E-state index in [1.165, 1.54) is 5.00 Å². The van der Waals surface area contributed by atoms with Crippen LogP contribution in [0.15, 0.2) is 46.8 Å².